The summed E-state index contributed by atoms with van der Waals surface area (Å²) in [5.74, 6) is 0.0223. The molecule has 1 atom stereocenters. The maximum Gasteiger partial charge on any atom is 0.237 e. The Morgan fingerprint density at radius 2 is 1.48 bits per heavy atom. The van der Waals surface area contributed by atoms with Gasteiger partial charge < -0.3 is 10.4 Å². The molecular formula is C21H26N2O2. The zero-order valence-electron chi connectivity index (χ0n) is 14.6. The van der Waals surface area contributed by atoms with E-state index in [1.54, 1.807) is 0 Å². The second kappa shape index (κ2) is 8.28. The van der Waals surface area contributed by atoms with E-state index in [2.05, 4.69) is 10.2 Å². The number of hydrogen-bond donors (Lipinski definition) is 2. The molecular weight excluding hydrogens is 312 g/mol. The number of piperidine rings is 1. The number of hydrogen-bond acceptors (Lipinski definition) is 3. The summed E-state index contributed by atoms with van der Waals surface area (Å²) >= 11 is 0. The smallest absolute Gasteiger partial charge is 0.237 e. The molecule has 0 radical (unpaired) electrons. The highest BCUT2D eigenvalue weighted by Crippen LogP contribution is 2.22. The number of nitrogens with zero attached hydrogens (tertiary/aromatic N) is 1. The van der Waals surface area contributed by atoms with Gasteiger partial charge in [0.15, 0.2) is 0 Å². The van der Waals surface area contributed by atoms with Crippen molar-refractivity contribution in [2.75, 3.05) is 13.1 Å². The maximum absolute atomic E-state index is 12.9. The van der Waals surface area contributed by atoms with E-state index in [0.717, 1.165) is 37.1 Å². The van der Waals surface area contributed by atoms with Crippen LogP contribution in [0.2, 0.25) is 0 Å². The third kappa shape index (κ3) is 4.47. The number of rotatable bonds is 5. The fraction of sp³-hybridized carbons (Fsp3) is 0.381. The number of nitrogens with one attached hydrogen (secondary N) is 1. The van der Waals surface area contributed by atoms with Crippen LogP contribution in [0.4, 0.5) is 0 Å². The molecule has 0 aliphatic carbocycles. The normalized spacial score (nSPS) is 17.4. The quantitative estimate of drug-likeness (QED) is 0.881. The second-order valence-corrected chi connectivity index (χ2v) is 6.71. The van der Waals surface area contributed by atoms with Crippen molar-refractivity contribution in [1.29, 1.82) is 0 Å². The van der Waals surface area contributed by atoms with E-state index in [4.69, 9.17) is 0 Å². The van der Waals surface area contributed by atoms with Crippen molar-refractivity contribution in [3.05, 3.63) is 71.8 Å². The summed E-state index contributed by atoms with van der Waals surface area (Å²) in [6.07, 6.45) is 1.24. The summed E-state index contributed by atoms with van der Waals surface area (Å²) in [7, 11) is 0. The van der Waals surface area contributed by atoms with E-state index in [1.807, 2.05) is 67.6 Å². The molecule has 3 rings (SSSR count). The minimum atomic E-state index is -0.229. The van der Waals surface area contributed by atoms with Gasteiger partial charge in [-0.15, -0.1) is 0 Å². The van der Waals surface area contributed by atoms with E-state index in [-0.39, 0.29) is 24.1 Å². The Kier molecular flexibility index (Phi) is 5.84. The molecule has 0 bridgehead atoms. The Balaban J connectivity index is 1.75. The largest absolute Gasteiger partial charge is 0.393 e. The lowest BCUT2D eigenvalue weighted by Crippen LogP contribution is -2.49. The van der Waals surface area contributed by atoms with Crippen LogP contribution >= 0.6 is 0 Å². The number of carbonyl (C=O) groups is 1. The Morgan fingerprint density at radius 3 is 1.96 bits per heavy atom. The van der Waals surface area contributed by atoms with Crippen molar-refractivity contribution in [3.63, 3.8) is 0 Å². The van der Waals surface area contributed by atoms with Gasteiger partial charge in [-0.1, -0.05) is 60.7 Å². The molecule has 1 heterocycles. The number of likely N-dealkylation sites (tertiary alicyclic amines) is 1. The van der Waals surface area contributed by atoms with Crippen LogP contribution in [0, 0.1) is 0 Å². The molecule has 1 saturated heterocycles. The molecule has 0 unspecified atom stereocenters. The van der Waals surface area contributed by atoms with Crippen LogP contribution in [-0.2, 0) is 4.79 Å². The zero-order valence-corrected chi connectivity index (χ0v) is 14.6. The predicted molar refractivity (Wildman–Crippen MR) is 99.1 cm³/mol. The van der Waals surface area contributed by atoms with Crippen molar-refractivity contribution in [2.24, 2.45) is 0 Å². The maximum atomic E-state index is 12.9. The van der Waals surface area contributed by atoms with Gasteiger partial charge in [0.25, 0.3) is 0 Å². The van der Waals surface area contributed by atoms with E-state index in [1.165, 1.54) is 0 Å². The minimum Gasteiger partial charge on any atom is -0.393 e. The average molecular weight is 338 g/mol. The second-order valence-electron chi connectivity index (χ2n) is 6.71. The summed E-state index contributed by atoms with van der Waals surface area (Å²) in [5, 5.41) is 12.9. The van der Waals surface area contributed by atoms with Crippen LogP contribution in [0.15, 0.2) is 60.7 Å². The van der Waals surface area contributed by atoms with Crippen molar-refractivity contribution in [3.8, 4) is 0 Å². The van der Waals surface area contributed by atoms with Crippen molar-refractivity contribution in [1.82, 2.24) is 10.2 Å². The number of carbonyl (C=O) groups excluding carboxylic acids is 1. The van der Waals surface area contributed by atoms with Gasteiger partial charge in [0.2, 0.25) is 5.91 Å². The summed E-state index contributed by atoms with van der Waals surface area (Å²) in [6.45, 7) is 3.47. The van der Waals surface area contributed by atoms with Crippen LogP contribution in [0.3, 0.4) is 0 Å². The molecule has 2 aromatic carbocycles. The zero-order chi connectivity index (χ0) is 17.6. The molecule has 4 heteroatoms. The topological polar surface area (TPSA) is 52.6 Å². The molecule has 1 aliphatic rings. The van der Waals surface area contributed by atoms with Crippen LogP contribution in [0.5, 0.6) is 0 Å². The minimum absolute atomic E-state index is 0.0223. The van der Waals surface area contributed by atoms with Crippen molar-refractivity contribution < 1.29 is 9.90 Å². The molecule has 1 aliphatic heterocycles. The summed E-state index contributed by atoms with van der Waals surface area (Å²) in [4.78, 5) is 15.0. The molecule has 132 valence electrons. The Hall–Kier alpha value is -2.17. The first-order chi connectivity index (χ1) is 12.1. The van der Waals surface area contributed by atoms with E-state index in [9.17, 15) is 9.90 Å². The molecule has 25 heavy (non-hydrogen) atoms. The lowest BCUT2D eigenvalue weighted by atomic mass is 9.98. The Bertz CT molecular complexity index is 627. The Morgan fingerprint density at radius 1 is 1.00 bits per heavy atom. The van der Waals surface area contributed by atoms with Crippen molar-refractivity contribution >= 4 is 5.91 Å². The number of amides is 1. The first-order valence-electron chi connectivity index (χ1n) is 8.97. The van der Waals surface area contributed by atoms with Gasteiger partial charge in [-0.05, 0) is 30.9 Å². The lowest BCUT2D eigenvalue weighted by molar-refractivity contribution is -0.127. The molecule has 2 aromatic rings. The van der Waals surface area contributed by atoms with Crippen LogP contribution in [0.25, 0.3) is 0 Å². The Labute approximate surface area is 149 Å². The van der Waals surface area contributed by atoms with E-state index in [0.29, 0.717) is 0 Å². The summed E-state index contributed by atoms with van der Waals surface area (Å²) < 4.78 is 0. The van der Waals surface area contributed by atoms with Gasteiger partial charge in [0, 0.05) is 13.1 Å². The van der Waals surface area contributed by atoms with Gasteiger partial charge in [-0.25, -0.2) is 0 Å². The highest BCUT2D eigenvalue weighted by molar-refractivity contribution is 5.82. The molecule has 0 spiro atoms. The summed E-state index contributed by atoms with van der Waals surface area (Å²) in [6, 6.07) is 19.7. The number of aliphatic hydroxyl groups is 1. The molecule has 1 fully saturated rings. The molecule has 4 nitrogen and oxygen atoms in total. The molecule has 1 amide bonds. The highest BCUT2D eigenvalue weighted by atomic mass is 16.3. The van der Waals surface area contributed by atoms with Gasteiger partial charge in [0.1, 0.15) is 0 Å². The van der Waals surface area contributed by atoms with Gasteiger partial charge >= 0.3 is 0 Å². The first kappa shape index (κ1) is 17.6. The fourth-order valence-corrected chi connectivity index (χ4v) is 3.35. The summed E-state index contributed by atoms with van der Waals surface area (Å²) in [5.41, 5.74) is 2.15. The van der Waals surface area contributed by atoms with Crippen LogP contribution < -0.4 is 5.32 Å². The van der Waals surface area contributed by atoms with Crippen LogP contribution in [-0.4, -0.2) is 41.1 Å². The monoisotopic (exact) mass is 338 g/mol. The number of benzene rings is 2. The SMILES string of the molecule is C[C@@H](C(=O)NC(c1ccccc1)c1ccccc1)N1CCC(O)CC1. The highest BCUT2D eigenvalue weighted by Gasteiger charge is 2.27. The molecule has 0 saturated carbocycles. The molecule has 2 N–H and O–H groups in total. The van der Waals surface area contributed by atoms with Gasteiger partial charge in [-0.3, -0.25) is 9.69 Å². The third-order valence-electron chi connectivity index (χ3n) is 4.98. The van der Waals surface area contributed by atoms with Gasteiger partial charge in [-0.2, -0.15) is 0 Å². The van der Waals surface area contributed by atoms with E-state index >= 15 is 0 Å². The van der Waals surface area contributed by atoms with E-state index < -0.39 is 0 Å². The standard InChI is InChI=1S/C21H26N2O2/c1-16(23-14-12-19(24)13-15-23)21(25)22-20(17-8-4-2-5-9-17)18-10-6-3-7-11-18/h2-11,16,19-20,24H,12-15H2,1H3,(H,22,25)/t16-/m0/s1. The van der Waals surface area contributed by atoms with Gasteiger partial charge in [0.05, 0.1) is 18.2 Å². The fourth-order valence-electron chi connectivity index (χ4n) is 3.35. The number of aliphatic hydroxyl groups excluding tert-OH is 1. The molecule has 0 aromatic heterocycles. The van der Waals surface area contributed by atoms with Crippen LogP contribution in [0.1, 0.15) is 36.9 Å². The lowest BCUT2D eigenvalue weighted by Gasteiger charge is -2.34. The average Bonchev–Trinajstić information content (AvgIpc) is 2.67. The predicted octanol–water partition coefficient (Wildman–Crippen LogP) is 2.74. The first-order valence-corrected chi connectivity index (χ1v) is 8.97. The third-order valence-corrected chi connectivity index (χ3v) is 4.98. The van der Waals surface area contributed by atoms with Crippen molar-refractivity contribution in [2.45, 2.75) is 38.0 Å².